The molecule has 2 fully saturated rings. The number of phenolic OH excluding ortho intramolecular Hbond substituents is 1. The number of rotatable bonds is 6. The molecule has 1 aliphatic carbocycles. The molecule has 2 aliphatic heterocycles. The number of ether oxygens (including phenoxy) is 2. The summed E-state index contributed by atoms with van der Waals surface area (Å²) < 4.78 is 11.0. The van der Waals surface area contributed by atoms with Crippen LogP contribution in [-0.2, 0) is 20.7 Å². The van der Waals surface area contributed by atoms with Crippen LogP contribution in [0.1, 0.15) is 48.9 Å². The Labute approximate surface area is 228 Å². The highest BCUT2D eigenvalue weighted by molar-refractivity contribution is 6.00. The van der Waals surface area contributed by atoms with E-state index in [0.717, 1.165) is 72.7 Å². The topological polar surface area (TPSA) is 95.1 Å². The lowest BCUT2D eigenvalue weighted by Gasteiger charge is -2.45. The maximum atomic E-state index is 14.4. The third-order valence-corrected chi connectivity index (χ3v) is 9.12. The van der Waals surface area contributed by atoms with Crippen LogP contribution in [-0.4, -0.2) is 78.2 Å². The van der Waals surface area contributed by atoms with Gasteiger partial charge in [-0.15, -0.1) is 0 Å². The summed E-state index contributed by atoms with van der Waals surface area (Å²) in [5.41, 5.74) is 3.33. The number of benzene rings is 2. The molecule has 1 aromatic heterocycles. The normalized spacial score (nSPS) is 25.8. The van der Waals surface area contributed by atoms with Crippen LogP contribution < -0.4 is 4.74 Å². The van der Waals surface area contributed by atoms with Crippen molar-refractivity contribution >= 4 is 22.7 Å². The zero-order valence-electron chi connectivity index (χ0n) is 22.7. The monoisotopic (exact) mass is 531 g/mol. The molecule has 0 radical (unpaired) electrons. The van der Waals surface area contributed by atoms with E-state index in [4.69, 9.17) is 9.47 Å². The van der Waals surface area contributed by atoms with Crippen molar-refractivity contribution in [3.8, 4) is 11.5 Å². The maximum absolute atomic E-state index is 14.4. The zero-order chi connectivity index (χ0) is 27.1. The van der Waals surface area contributed by atoms with Crippen LogP contribution in [0.25, 0.3) is 10.9 Å². The molecular formula is C31H37N3O5. The predicted octanol–water partition coefficient (Wildman–Crippen LogP) is 4.06. The van der Waals surface area contributed by atoms with Gasteiger partial charge in [0.25, 0.3) is 0 Å². The number of hydrogen-bond acceptors (Lipinski definition) is 6. The summed E-state index contributed by atoms with van der Waals surface area (Å²) in [4.78, 5) is 35.4. The smallest absolute Gasteiger partial charge is 0.235 e. The highest BCUT2D eigenvalue weighted by atomic mass is 16.5. The van der Waals surface area contributed by atoms with Gasteiger partial charge in [0, 0.05) is 55.1 Å². The summed E-state index contributed by atoms with van der Waals surface area (Å²) in [6.45, 7) is 6.57. The Balaban J connectivity index is 1.39. The van der Waals surface area contributed by atoms with Gasteiger partial charge < -0.3 is 19.6 Å². The number of H-pyrrole nitrogens is 1. The first-order valence-electron chi connectivity index (χ1n) is 14.0. The number of methoxy groups -OCH3 is 1. The molecule has 3 aromatic rings. The highest BCUT2D eigenvalue weighted by Crippen LogP contribution is 2.55. The minimum atomic E-state index is -0.771. The lowest BCUT2D eigenvalue weighted by molar-refractivity contribution is -0.151. The number of amides is 2. The number of phenols is 1. The van der Waals surface area contributed by atoms with Gasteiger partial charge in [-0.25, -0.2) is 0 Å². The van der Waals surface area contributed by atoms with E-state index < -0.39 is 5.41 Å². The number of morpholine rings is 1. The summed E-state index contributed by atoms with van der Waals surface area (Å²) >= 11 is 0. The van der Waals surface area contributed by atoms with Crippen LogP contribution in [0.5, 0.6) is 11.5 Å². The third kappa shape index (κ3) is 4.59. The van der Waals surface area contributed by atoms with Crippen molar-refractivity contribution in [2.24, 2.45) is 11.3 Å². The maximum Gasteiger partial charge on any atom is 0.235 e. The van der Waals surface area contributed by atoms with Gasteiger partial charge in [0.05, 0.1) is 25.7 Å². The van der Waals surface area contributed by atoms with Gasteiger partial charge in [0.1, 0.15) is 11.5 Å². The van der Waals surface area contributed by atoms with Crippen molar-refractivity contribution in [2.75, 3.05) is 46.5 Å². The molecule has 3 aliphatic rings. The average molecular weight is 532 g/mol. The van der Waals surface area contributed by atoms with E-state index >= 15 is 0 Å². The largest absolute Gasteiger partial charge is 0.508 e. The van der Waals surface area contributed by atoms with E-state index in [1.165, 1.54) is 0 Å². The van der Waals surface area contributed by atoms with Gasteiger partial charge in [-0.05, 0) is 66.6 Å². The van der Waals surface area contributed by atoms with E-state index in [2.05, 4.69) is 9.88 Å². The Morgan fingerprint density at radius 3 is 2.72 bits per heavy atom. The lowest BCUT2D eigenvalue weighted by Crippen LogP contribution is -2.51. The molecule has 2 N–H and O–H groups in total. The molecule has 3 atom stereocenters. The Kier molecular flexibility index (Phi) is 6.85. The van der Waals surface area contributed by atoms with Crippen molar-refractivity contribution < 1.29 is 24.2 Å². The second-order valence-electron chi connectivity index (χ2n) is 11.4. The van der Waals surface area contributed by atoms with Crippen molar-refractivity contribution in [3.05, 3.63) is 59.3 Å². The number of nitrogens with one attached hydrogen (secondary N) is 1. The Bertz CT molecular complexity index is 1390. The van der Waals surface area contributed by atoms with E-state index in [1.54, 1.807) is 24.1 Å². The first kappa shape index (κ1) is 25.9. The molecule has 2 saturated heterocycles. The molecule has 0 saturated carbocycles. The number of aromatic nitrogens is 1. The molecule has 1 unspecified atom stereocenters. The summed E-state index contributed by atoms with van der Waals surface area (Å²) in [5.74, 6) is 0.543. The van der Waals surface area contributed by atoms with Crippen LogP contribution >= 0.6 is 0 Å². The third-order valence-electron chi connectivity index (χ3n) is 9.12. The Hall–Kier alpha value is -3.36. The Morgan fingerprint density at radius 1 is 1.13 bits per heavy atom. The van der Waals surface area contributed by atoms with Crippen molar-refractivity contribution in [2.45, 2.75) is 38.5 Å². The van der Waals surface area contributed by atoms with Crippen molar-refractivity contribution in [3.63, 3.8) is 0 Å². The number of carbonyl (C=O) groups excluding carboxylic acids is 2. The van der Waals surface area contributed by atoms with Gasteiger partial charge in [0.2, 0.25) is 11.8 Å². The number of carbonyl (C=O) groups is 2. The Morgan fingerprint density at radius 2 is 1.95 bits per heavy atom. The molecule has 6 rings (SSSR count). The number of aromatic hydroxyl groups is 1. The first-order valence-corrected chi connectivity index (χ1v) is 14.0. The van der Waals surface area contributed by atoms with Crippen LogP contribution in [0.15, 0.2) is 42.5 Å². The fraction of sp³-hybridized carbons (Fsp3) is 0.484. The second kappa shape index (κ2) is 10.3. The van der Waals surface area contributed by atoms with Gasteiger partial charge in [0.15, 0.2) is 0 Å². The number of aromatic amines is 1. The molecule has 0 bridgehead atoms. The van der Waals surface area contributed by atoms with E-state index in [-0.39, 0.29) is 29.4 Å². The van der Waals surface area contributed by atoms with Crippen molar-refractivity contribution in [1.82, 2.24) is 14.8 Å². The number of hydrogen-bond donors (Lipinski definition) is 2. The minimum Gasteiger partial charge on any atom is -0.508 e. The van der Waals surface area contributed by atoms with Crippen LogP contribution in [0, 0.1) is 11.3 Å². The minimum absolute atomic E-state index is 0.0787. The number of nitrogens with zero attached hydrogens (tertiary/aromatic N) is 2. The number of fused-ring (bicyclic) bond motifs is 4. The van der Waals surface area contributed by atoms with Gasteiger partial charge in [-0.2, -0.15) is 0 Å². The fourth-order valence-corrected chi connectivity index (χ4v) is 7.07. The molecule has 8 nitrogen and oxygen atoms in total. The molecule has 206 valence electrons. The van der Waals surface area contributed by atoms with E-state index in [1.807, 2.05) is 37.3 Å². The molecule has 2 aromatic carbocycles. The quantitative estimate of drug-likeness (QED) is 0.466. The van der Waals surface area contributed by atoms with Crippen molar-refractivity contribution in [1.29, 1.82) is 0 Å². The predicted molar refractivity (Wildman–Crippen MR) is 148 cm³/mol. The SMILES string of the molecule is COc1ccc2[nH]c3c(c2c1)C[C@@]1(C)C(=O)N(CCCN2CCOCC2)C(=O)CCC1[C@@H]3c1cccc(O)c1. The molecule has 3 heterocycles. The zero-order valence-corrected chi connectivity index (χ0v) is 22.7. The second-order valence-corrected chi connectivity index (χ2v) is 11.4. The summed E-state index contributed by atoms with van der Waals surface area (Å²) in [6.07, 6.45) is 2.24. The summed E-state index contributed by atoms with van der Waals surface area (Å²) in [5, 5.41) is 11.4. The average Bonchev–Trinajstić information content (AvgIpc) is 3.26. The molecular weight excluding hydrogens is 494 g/mol. The summed E-state index contributed by atoms with van der Waals surface area (Å²) in [6, 6.07) is 13.3. The highest BCUT2D eigenvalue weighted by Gasteiger charge is 2.54. The standard InChI is InChI=1S/C31H37N3O5/c1-31-19-24-23-18-22(38-2)7-9-26(23)32-29(24)28(20-5-3-6-21(35)17-20)25(31)8-10-27(36)34(30(31)37)12-4-11-33-13-15-39-16-14-33/h3,5-7,9,17-18,25,28,32,35H,4,8,10-16,19H2,1-2H3/t25?,28-,31+/m0/s1. The van der Waals surface area contributed by atoms with E-state index in [0.29, 0.717) is 25.8 Å². The molecule has 0 spiro atoms. The first-order chi connectivity index (χ1) is 18.9. The molecule has 8 heteroatoms. The number of imide groups is 1. The molecule has 39 heavy (non-hydrogen) atoms. The number of likely N-dealkylation sites (tertiary alicyclic amines) is 1. The van der Waals surface area contributed by atoms with Gasteiger partial charge in [-0.1, -0.05) is 19.1 Å². The summed E-state index contributed by atoms with van der Waals surface area (Å²) in [7, 11) is 1.66. The van der Waals surface area contributed by atoms with Crippen LogP contribution in [0.4, 0.5) is 0 Å². The lowest BCUT2D eigenvalue weighted by atomic mass is 9.59. The van der Waals surface area contributed by atoms with E-state index in [9.17, 15) is 14.7 Å². The van der Waals surface area contributed by atoms with Gasteiger partial charge >= 0.3 is 0 Å². The fourth-order valence-electron chi connectivity index (χ4n) is 7.07. The van der Waals surface area contributed by atoms with Crippen LogP contribution in [0.2, 0.25) is 0 Å². The van der Waals surface area contributed by atoms with Gasteiger partial charge in [-0.3, -0.25) is 19.4 Å². The van der Waals surface area contributed by atoms with Crippen LogP contribution in [0.3, 0.4) is 0 Å². The molecule has 2 amide bonds.